The number of halogens is 1. The number of hydrogen-bond acceptors (Lipinski definition) is 11. The molecule has 13 heteroatoms. The first kappa shape index (κ1) is 36.7. The van der Waals surface area contributed by atoms with Crippen molar-refractivity contribution in [2.75, 3.05) is 59.1 Å². The highest BCUT2D eigenvalue weighted by Crippen LogP contribution is 2.36. The van der Waals surface area contributed by atoms with Crippen LogP contribution in [0.15, 0.2) is 48.6 Å². The summed E-state index contributed by atoms with van der Waals surface area (Å²) in [5, 5.41) is 41.3. The van der Waals surface area contributed by atoms with E-state index >= 15 is 0 Å². The minimum Gasteiger partial charge on any atom is -0.491 e. The number of carbonyl (C=O) groups excluding carboxylic acids is 1. The van der Waals surface area contributed by atoms with Crippen molar-refractivity contribution >= 4 is 17.6 Å². The number of hydrogen-bond donors (Lipinski definition) is 3. The van der Waals surface area contributed by atoms with Crippen molar-refractivity contribution in [1.82, 2.24) is 9.80 Å². The Kier molecular flexibility index (Phi) is 16.6. The summed E-state index contributed by atoms with van der Waals surface area (Å²) in [6.45, 7) is 5.87. The van der Waals surface area contributed by atoms with Gasteiger partial charge in [0, 0.05) is 63.1 Å². The molecule has 2 aliphatic rings. The molecule has 5 atom stereocenters. The predicted octanol–water partition coefficient (Wildman–Crippen LogP) is 3.26. The van der Waals surface area contributed by atoms with E-state index in [1.54, 1.807) is 36.4 Å². The Labute approximate surface area is 270 Å². The molecule has 0 radical (unpaired) electrons. The quantitative estimate of drug-likeness (QED) is 0.0624. The van der Waals surface area contributed by atoms with Crippen LogP contribution in [0.3, 0.4) is 0 Å². The number of aliphatic hydroxyl groups is 3. The molecule has 0 amide bonds. The number of aliphatic hydroxyl groups excluding tert-OH is 3. The highest BCUT2D eigenvalue weighted by Gasteiger charge is 2.39. The topological polar surface area (TPSA) is 155 Å². The van der Waals surface area contributed by atoms with E-state index in [1.165, 1.54) is 0 Å². The van der Waals surface area contributed by atoms with Gasteiger partial charge in [-0.3, -0.25) is 4.79 Å². The molecule has 1 aromatic carbocycles. The number of rotatable bonds is 20. The lowest BCUT2D eigenvalue weighted by molar-refractivity contribution is -0.757. The molecule has 0 unspecified atom stereocenters. The maximum absolute atomic E-state index is 12.1. The zero-order valence-electron chi connectivity index (χ0n) is 25.8. The van der Waals surface area contributed by atoms with Crippen LogP contribution in [0.25, 0.3) is 0 Å². The van der Waals surface area contributed by atoms with Crippen molar-refractivity contribution < 1.29 is 39.5 Å². The molecular formula is C32H48ClN3O9. The maximum Gasteiger partial charge on any atom is 0.305 e. The van der Waals surface area contributed by atoms with E-state index in [9.17, 15) is 30.2 Å². The Balaban J connectivity index is 1.23. The Morgan fingerprint density at radius 2 is 1.78 bits per heavy atom. The molecule has 0 bridgehead atoms. The zero-order valence-corrected chi connectivity index (χ0v) is 26.6. The molecule has 252 valence electrons. The molecule has 0 spiro atoms. The van der Waals surface area contributed by atoms with Crippen molar-refractivity contribution in [1.29, 1.82) is 0 Å². The van der Waals surface area contributed by atoms with E-state index in [4.69, 9.17) is 21.1 Å². The number of piperazine rings is 1. The van der Waals surface area contributed by atoms with Gasteiger partial charge in [0.1, 0.15) is 18.5 Å². The van der Waals surface area contributed by atoms with Crippen LogP contribution in [0.5, 0.6) is 5.75 Å². The number of benzene rings is 1. The molecule has 1 aliphatic heterocycles. The highest BCUT2D eigenvalue weighted by atomic mass is 35.5. The van der Waals surface area contributed by atoms with E-state index in [0.29, 0.717) is 49.5 Å². The monoisotopic (exact) mass is 653 g/mol. The van der Waals surface area contributed by atoms with E-state index in [0.717, 1.165) is 45.7 Å². The van der Waals surface area contributed by atoms with Gasteiger partial charge >= 0.3 is 5.97 Å². The molecule has 1 heterocycles. The Morgan fingerprint density at radius 1 is 1.07 bits per heavy atom. The summed E-state index contributed by atoms with van der Waals surface area (Å²) < 4.78 is 11.0. The SMILES string of the molecule is O=C(CCCC=CC[C@@H]1[C@@H](C=C[C@@H](O)COc2cccc(Cl)c2)[C@H](O)C[C@@H]1O)OCCCN1CCN(CCCO[N+](=O)[O-])CC1. The van der Waals surface area contributed by atoms with E-state index in [1.807, 2.05) is 12.2 Å². The molecule has 12 nitrogen and oxygen atoms in total. The first-order valence-electron chi connectivity index (χ1n) is 15.8. The summed E-state index contributed by atoms with van der Waals surface area (Å²) in [5.74, 6) is -0.102. The molecule has 2 fully saturated rings. The molecule has 1 saturated carbocycles. The predicted molar refractivity (Wildman–Crippen MR) is 169 cm³/mol. The van der Waals surface area contributed by atoms with Gasteiger partial charge in [0.15, 0.2) is 0 Å². The van der Waals surface area contributed by atoms with Crippen LogP contribution >= 0.6 is 11.6 Å². The third-order valence-electron chi connectivity index (χ3n) is 8.18. The van der Waals surface area contributed by atoms with E-state index in [-0.39, 0.29) is 37.4 Å². The van der Waals surface area contributed by atoms with Crippen molar-refractivity contribution in [2.24, 2.45) is 11.8 Å². The molecule has 1 aromatic rings. The summed E-state index contributed by atoms with van der Waals surface area (Å²) in [5.41, 5.74) is 0. The number of allylic oxidation sites excluding steroid dienone is 2. The van der Waals surface area contributed by atoms with Crippen molar-refractivity contribution in [3.05, 3.63) is 63.7 Å². The fourth-order valence-electron chi connectivity index (χ4n) is 5.70. The fraction of sp³-hybridized carbons (Fsp3) is 0.656. The smallest absolute Gasteiger partial charge is 0.305 e. The summed E-state index contributed by atoms with van der Waals surface area (Å²) in [6.07, 6.45) is 9.14. The lowest BCUT2D eigenvalue weighted by Gasteiger charge is -2.34. The van der Waals surface area contributed by atoms with Crippen LogP contribution in [0.2, 0.25) is 5.02 Å². The van der Waals surface area contributed by atoms with Gasteiger partial charge in [-0.15, -0.1) is 10.1 Å². The number of nitrogens with zero attached hydrogens (tertiary/aromatic N) is 3. The number of ether oxygens (including phenoxy) is 2. The van der Waals surface area contributed by atoms with Crippen LogP contribution < -0.4 is 4.74 Å². The highest BCUT2D eigenvalue weighted by molar-refractivity contribution is 6.30. The second-order valence-corrected chi connectivity index (χ2v) is 12.0. The van der Waals surface area contributed by atoms with Crippen LogP contribution in [0.1, 0.15) is 44.9 Å². The summed E-state index contributed by atoms with van der Waals surface area (Å²) in [4.78, 5) is 31.3. The molecule has 3 N–H and O–H groups in total. The third-order valence-corrected chi connectivity index (χ3v) is 8.41. The lowest BCUT2D eigenvalue weighted by Crippen LogP contribution is -2.47. The van der Waals surface area contributed by atoms with Gasteiger partial charge < -0.3 is 39.4 Å². The first-order valence-corrected chi connectivity index (χ1v) is 16.2. The molecule has 1 aliphatic carbocycles. The largest absolute Gasteiger partial charge is 0.491 e. The van der Waals surface area contributed by atoms with Crippen LogP contribution in [-0.4, -0.2) is 114 Å². The molecule has 45 heavy (non-hydrogen) atoms. The Hall–Kier alpha value is -2.74. The Morgan fingerprint density at radius 3 is 2.47 bits per heavy atom. The van der Waals surface area contributed by atoms with Gasteiger partial charge in [0.2, 0.25) is 0 Å². The second-order valence-electron chi connectivity index (χ2n) is 11.6. The minimum atomic E-state index is -0.871. The van der Waals surface area contributed by atoms with E-state index < -0.39 is 23.4 Å². The molecular weight excluding hydrogens is 606 g/mol. The number of unbranched alkanes of at least 4 members (excludes halogenated alkanes) is 1. The maximum atomic E-state index is 12.1. The lowest BCUT2D eigenvalue weighted by atomic mass is 9.89. The average molecular weight is 654 g/mol. The number of carbonyl (C=O) groups is 1. The Bertz CT molecular complexity index is 1080. The minimum absolute atomic E-state index is 0.0430. The second kappa shape index (κ2) is 20.4. The molecule has 3 rings (SSSR count). The summed E-state index contributed by atoms with van der Waals surface area (Å²) >= 11 is 5.95. The standard InChI is InChI=1S/C32H48ClN3O9/c33-25-8-5-9-27(22-25)44-24-26(37)12-13-29-28(30(38)23-31(29)39)10-3-1-2-4-11-32(40)43-20-6-14-34-16-18-35(19-17-34)15-7-21-45-36(41)42/h1,3,5,8-9,12-13,22,26,28-31,37-39H,2,4,6-7,10-11,14-21,23-24H2/t26-,28-,29-,30+,31-/m1/s1. The number of esters is 1. The van der Waals surface area contributed by atoms with Crippen LogP contribution in [0, 0.1) is 22.0 Å². The fourth-order valence-corrected chi connectivity index (χ4v) is 5.88. The van der Waals surface area contributed by atoms with E-state index in [2.05, 4.69) is 14.6 Å². The third kappa shape index (κ3) is 14.5. The van der Waals surface area contributed by atoms with Gasteiger partial charge in [-0.05, 0) is 56.2 Å². The van der Waals surface area contributed by atoms with Crippen molar-refractivity contribution in [3.63, 3.8) is 0 Å². The zero-order chi connectivity index (χ0) is 32.4. The summed E-state index contributed by atoms with van der Waals surface area (Å²) in [6, 6.07) is 6.92. The van der Waals surface area contributed by atoms with Crippen molar-refractivity contribution in [3.8, 4) is 5.75 Å². The molecule has 1 saturated heterocycles. The van der Waals surface area contributed by atoms with Gasteiger partial charge in [-0.25, -0.2) is 0 Å². The van der Waals surface area contributed by atoms with Gasteiger partial charge in [-0.2, -0.15) is 0 Å². The van der Waals surface area contributed by atoms with Gasteiger partial charge in [0.05, 0.1) is 25.4 Å². The first-order chi connectivity index (χ1) is 21.7. The van der Waals surface area contributed by atoms with Crippen molar-refractivity contribution in [2.45, 2.75) is 63.3 Å². The molecule has 0 aromatic heterocycles. The van der Waals surface area contributed by atoms with Crippen LogP contribution in [0.4, 0.5) is 0 Å². The summed E-state index contributed by atoms with van der Waals surface area (Å²) in [7, 11) is 0. The average Bonchev–Trinajstić information content (AvgIpc) is 3.28. The van der Waals surface area contributed by atoms with Gasteiger partial charge in [-0.1, -0.05) is 42.0 Å². The normalized spacial score (nSPS) is 23.5. The van der Waals surface area contributed by atoms with Gasteiger partial charge in [0.25, 0.3) is 5.09 Å². The van der Waals surface area contributed by atoms with Crippen LogP contribution in [-0.2, 0) is 14.4 Å².